The molecule has 0 atom stereocenters. The van der Waals surface area contributed by atoms with Crippen molar-refractivity contribution in [2.75, 3.05) is 55.2 Å². The number of hydrogen-bond donors (Lipinski definition) is 3. The van der Waals surface area contributed by atoms with Crippen LogP contribution in [-0.2, 0) is 34.0 Å². The average molecular weight is 1180 g/mol. The van der Waals surface area contributed by atoms with Gasteiger partial charge in [0.25, 0.3) is 0 Å². The number of rotatable bonds is 18. The lowest BCUT2D eigenvalue weighted by atomic mass is 10.1. The first-order valence-corrected chi connectivity index (χ1v) is 29.2. The number of carbonyl (C=O) groups excluding carboxylic acids is 3. The Morgan fingerprint density at radius 2 is 0.690 bits per heavy atom. The minimum Gasteiger partial charge on any atom is -0.456 e. The Morgan fingerprint density at radius 1 is 0.333 bits per heavy atom. The molecule has 0 bridgehead atoms. The third-order valence-corrected chi connectivity index (χ3v) is 13.4. The van der Waals surface area contributed by atoms with Gasteiger partial charge in [0.2, 0.25) is 19.2 Å². The highest BCUT2D eigenvalue weighted by molar-refractivity contribution is 5.72. The second-order valence-electron chi connectivity index (χ2n) is 20.1. The zero-order valence-electron chi connectivity index (χ0n) is 49.0. The van der Waals surface area contributed by atoms with E-state index in [9.17, 15) is 14.4 Å². The summed E-state index contributed by atoms with van der Waals surface area (Å²) in [5.41, 5.74) is 6.08. The van der Waals surface area contributed by atoms with E-state index < -0.39 is 0 Å². The van der Waals surface area contributed by atoms with Gasteiger partial charge in [-0.1, -0.05) is 19.3 Å². The molecule has 0 spiro atoms. The van der Waals surface area contributed by atoms with Crippen LogP contribution < -0.4 is 30.2 Å². The molecular formula is C67H82N14O6. The first kappa shape index (κ1) is 64.7. The van der Waals surface area contributed by atoms with Crippen LogP contribution in [0.5, 0.6) is 34.5 Å². The van der Waals surface area contributed by atoms with Gasteiger partial charge in [0.15, 0.2) is 0 Å². The molecule has 0 unspecified atom stereocenters. The molecule has 0 aliphatic carbocycles. The highest BCUT2D eigenvalue weighted by atomic mass is 16.5. The monoisotopic (exact) mass is 1180 g/mol. The van der Waals surface area contributed by atoms with Gasteiger partial charge < -0.3 is 30.2 Å². The Labute approximate surface area is 513 Å². The summed E-state index contributed by atoms with van der Waals surface area (Å²) in [6.45, 7) is 10.6. The van der Waals surface area contributed by atoms with Gasteiger partial charge in [-0.2, -0.15) is 10.2 Å². The fourth-order valence-corrected chi connectivity index (χ4v) is 9.13. The summed E-state index contributed by atoms with van der Waals surface area (Å²) in [5, 5.41) is 15.3. The normalized spacial score (nSPS) is 13.7. The molecule has 20 heteroatoms. The van der Waals surface area contributed by atoms with E-state index in [0.29, 0.717) is 53.7 Å². The zero-order valence-corrected chi connectivity index (χ0v) is 49.0. The van der Waals surface area contributed by atoms with Gasteiger partial charge in [0.1, 0.15) is 40.8 Å². The minimum absolute atomic E-state index is 0. The molecule has 87 heavy (non-hydrogen) atoms. The number of pyridine rings is 4. The molecule has 6 aromatic heterocycles. The lowest BCUT2D eigenvalue weighted by molar-refractivity contribution is -0.106. The summed E-state index contributed by atoms with van der Waals surface area (Å²) in [6.07, 6.45) is 36.9. The molecule has 9 heterocycles. The largest absolute Gasteiger partial charge is 0.456 e. The van der Waals surface area contributed by atoms with Crippen LogP contribution in [-0.4, -0.2) is 113 Å². The number of amides is 3. The lowest BCUT2D eigenvalue weighted by Crippen LogP contribution is -2.29. The van der Waals surface area contributed by atoms with Crippen LogP contribution >= 0.6 is 0 Å². The van der Waals surface area contributed by atoms with Crippen molar-refractivity contribution in [3.8, 4) is 34.5 Å². The number of piperidine rings is 3. The van der Waals surface area contributed by atoms with Crippen molar-refractivity contribution in [3.63, 3.8) is 0 Å². The van der Waals surface area contributed by atoms with Gasteiger partial charge in [0, 0.05) is 96.1 Å². The van der Waals surface area contributed by atoms with Gasteiger partial charge in [0.05, 0.1) is 24.8 Å². The van der Waals surface area contributed by atoms with Gasteiger partial charge in [-0.25, -0.2) is 9.97 Å². The fraction of sp³-hybridized carbons (Fsp3) is 0.269. The smallest absolute Gasteiger partial charge is 0.211 e. The topological polar surface area (TPSA) is 228 Å². The van der Waals surface area contributed by atoms with Gasteiger partial charge in [-0.3, -0.25) is 49.0 Å². The molecule has 12 rings (SSSR count). The SMILES string of the molecule is O=CNc1ccc(Oc2cccnc2)cc1.O=CNc1ccc(Oc2cccnc2)cc1.O=CNc1ccc(Oc2cccnc2)cc1.[HH].[HH].[HH].c1cc(CN2CCCCC2)ccn1.c1cc(CN2CCCCC2)cnn1.c1ncc(CN2CCCCC2)cn1. The summed E-state index contributed by atoms with van der Waals surface area (Å²) < 4.78 is 16.6. The van der Waals surface area contributed by atoms with Crippen molar-refractivity contribution in [2.45, 2.75) is 77.4 Å². The molecule has 3 amide bonds. The molecule has 0 radical (unpaired) electrons. The Morgan fingerprint density at radius 3 is 1.02 bits per heavy atom. The third-order valence-electron chi connectivity index (χ3n) is 13.4. The first-order chi connectivity index (χ1) is 43.0. The standard InChI is InChI=1S/3C12H10N2O2.C11H16N2.2C10H15N3.3H2/c3*15-9-14-10-3-5-11(6-4-10)16-12-2-1-7-13-8-12;1-2-8-13(9-3-1)10-11-4-6-12-7-5-11;1-2-6-13(7-3-1)9-10-4-5-11-12-8-10;1-2-4-13(5-3-1)8-10-6-11-9-12-7-10;;;/h3*1-9H,(H,14,15);4-7H,1-3,8-10H2;4-5,8H,1-3,6-7,9H2;6-7,9H,1-5,8H2;3*1H. The van der Waals surface area contributed by atoms with E-state index in [1.807, 2.05) is 55.2 Å². The summed E-state index contributed by atoms with van der Waals surface area (Å²) in [6, 6.07) is 38.4. The summed E-state index contributed by atoms with van der Waals surface area (Å²) in [7, 11) is 0. The van der Waals surface area contributed by atoms with Crippen LogP contribution in [0.2, 0.25) is 0 Å². The number of benzene rings is 3. The number of nitrogens with one attached hydrogen (secondary N) is 3. The molecule has 3 aliphatic heterocycles. The van der Waals surface area contributed by atoms with E-state index >= 15 is 0 Å². The van der Waals surface area contributed by atoms with Crippen molar-refractivity contribution >= 4 is 36.3 Å². The van der Waals surface area contributed by atoms with Crippen molar-refractivity contribution in [2.24, 2.45) is 0 Å². The number of aromatic nitrogens is 8. The Bertz CT molecular complexity index is 2880. The van der Waals surface area contributed by atoms with Crippen LogP contribution in [0.15, 0.2) is 208 Å². The van der Waals surface area contributed by atoms with Crippen LogP contribution in [0, 0.1) is 0 Å². The first-order valence-electron chi connectivity index (χ1n) is 29.2. The Hall–Kier alpha value is -9.89. The summed E-state index contributed by atoms with van der Waals surface area (Å²) in [4.78, 5) is 62.0. The zero-order chi connectivity index (χ0) is 60.5. The van der Waals surface area contributed by atoms with E-state index in [2.05, 4.69) is 82.9 Å². The highest BCUT2D eigenvalue weighted by Crippen LogP contribution is 2.25. The molecule has 3 aromatic carbocycles. The summed E-state index contributed by atoms with van der Waals surface area (Å²) in [5.74, 6) is 4.13. The van der Waals surface area contributed by atoms with Crippen LogP contribution in [0.4, 0.5) is 17.1 Å². The molecule has 3 aliphatic rings. The second kappa shape index (κ2) is 39.6. The number of anilines is 3. The van der Waals surface area contributed by atoms with E-state index in [-0.39, 0.29) is 4.28 Å². The molecule has 3 N–H and O–H groups in total. The number of likely N-dealkylation sites (tertiary alicyclic amines) is 3. The van der Waals surface area contributed by atoms with Crippen LogP contribution in [0.1, 0.15) is 78.8 Å². The maximum Gasteiger partial charge on any atom is 0.211 e. The maximum atomic E-state index is 10.2. The highest BCUT2D eigenvalue weighted by Gasteiger charge is 2.12. The van der Waals surface area contributed by atoms with Crippen molar-refractivity contribution < 1.29 is 32.9 Å². The second-order valence-corrected chi connectivity index (χ2v) is 20.1. The number of hydrogen-bond acceptors (Lipinski definition) is 17. The van der Waals surface area contributed by atoms with Gasteiger partial charge >= 0.3 is 0 Å². The fourth-order valence-electron chi connectivity index (χ4n) is 9.13. The van der Waals surface area contributed by atoms with E-state index in [1.54, 1.807) is 141 Å². The Kier molecular flexibility index (Phi) is 29.4. The molecular weight excluding hydrogens is 1100 g/mol. The lowest BCUT2D eigenvalue weighted by Gasteiger charge is -2.26. The van der Waals surface area contributed by atoms with Crippen LogP contribution in [0.25, 0.3) is 0 Å². The average Bonchev–Trinajstić information content (AvgIpc) is 3.76. The van der Waals surface area contributed by atoms with Gasteiger partial charge in [-0.15, -0.1) is 0 Å². The van der Waals surface area contributed by atoms with E-state index in [1.165, 1.54) is 114 Å². The van der Waals surface area contributed by atoms with Crippen LogP contribution in [0.3, 0.4) is 0 Å². The molecule has 456 valence electrons. The molecule has 3 fully saturated rings. The predicted molar refractivity (Wildman–Crippen MR) is 343 cm³/mol. The molecule has 3 saturated heterocycles. The Balaban J connectivity index is 0.000000230. The number of carbonyl (C=O) groups is 3. The summed E-state index contributed by atoms with van der Waals surface area (Å²) >= 11 is 0. The number of nitrogens with zero attached hydrogens (tertiary/aromatic N) is 11. The van der Waals surface area contributed by atoms with Crippen molar-refractivity contribution in [1.82, 2.24) is 54.8 Å². The maximum absolute atomic E-state index is 10.2. The predicted octanol–water partition coefficient (Wildman–Crippen LogP) is 13.1. The van der Waals surface area contributed by atoms with Crippen molar-refractivity contribution in [1.29, 1.82) is 0 Å². The quantitative estimate of drug-likeness (QED) is 0.0679. The number of ether oxygens (including phenoxy) is 3. The van der Waals surface area contributed by atoms with E-state index in [4.69, 9.17) is 14.2 Å². The molecule has 9 aromatic rings. The van der Waals surface area contributed by atoms with E-state index in [0.717, 1.165) is 36.7 Å². The van der Waals surface area contributed by atoms with Crippen molar-refractivity contribution in [3.05, 3.63) is 225 Å². The molecule has 20 nitrogen and oxygen atoms in total. The van der Waals surface area contributed by atoms with Gasteiger partial charge in [-0.05, 0) is 216 Å². The third kappa shape index (κ3) is 26.7. The molecule has 0 saturated carbocycles. The minimum atomic E-state index is 0.